The molecule has 0 bridgehead atoms. The van der Waals surface area contributed by atoms with Crippen LogP contribution >= 0.6 is 24.0 Å². The van der Waals surface area contributed by atoms with Crippen molar-refractivity contribution < 1.29 is 14.3 Å². The second kappa shape index (κ2) is 13.1. The molecule has 1 amide bonds. The van der Waals surface area contributed by atoms with E-state index >= 15 is 0 Å². The number of benzene rings is 2. The molecule has 1 unspecified atom stereocenters. The Morgan fingerprint density at radius 3 is 2.47 bits per heavy atom. The molecule has 0 aromatic heterocycles. The standard InChI is InChI=1S/C24H32N4O3.HI/c1-4-25-24(26-16-18(2)31-22-9-6-5-8-21(22)30-3)27-17-19-11-13-20(14-12-19)28-15-7-10-23(28)29;/h5-6,8-9,11-14,18H,4,7,10,15-17H2,1-3H3,(H2,25,26,27);1H. The van der Waals surface area contributed by atoms with Crippen molar-refractivity contribution in [2.75, 3.05) is 31.6 Å². The van der Waals surface area contributed by atoms with Crippen LogP contribution in [0.25, 0.3) is 0 Å². The number of carbonyl (C=O) groups is 1. The van der Waals surface area contributed by atoms with Crippen LogP contribution in [0.5, 0.6) is 11.5 Å². The van der Waals surface area contributed by atoms with Crippen molar-refractivity contribution >= 4 is 41.5 Å². The molecule has 1 saturated heterocycles. The summed E-state index contributed by atoms with van der Waals surface area (Å²) in [5.41, 5.74) is 2.05. The zero-order chi connectivity index (χ0) is 22.1. The lowest BCUT2D eigenvalue weighted by atomic mass is 10.2. The smallest absolute Gasteiger partial charge is 0.227 e. The normalized spacial score (nSPS) is 14.5. The zero-order valence-electron chi connectivity index (χ0n) is 19.0. The maximum absolute atomic E-state index is 11.9. The Morgan fingerprint density at radius 1 is 1.12 bits per heavy atom. The average molecular weight is 552 g/mol. The first-order valence-electron chi connectivity index (χ1n) is 10.8. The topological polar surface area (TPSA) is 75.2 Å². The number of aliphatic imine (C=N–C) groups is 1. The van der Waals surface area contributed by atoms with Gasteiger partial charge in [-0.25, -0.2) is 4.99 Å². The Labute approximate surface area is 207 Å². The molecule has 0 spiro atoms. The van der Waals surface area contributed by atoms with Crippen molar-refractivity contribution in [2.45, 2.75) is 39.3 Å². The molecule has 1 aliphatic heterocycles. The molecule has 2 aromatic carbocycles. The van der Waals surface area contributed by atoms with Gasteiger partial charge in [0.1, 0.15) is 6.10 Å². The van der Waals surface area contributed by atoms with Crippen molar-refractivity contribution in [3.05, 3.63) is 54.1 Å². The fourth-order valence-corrected chi connectivity index (χ4v) is 3.43. The van der Waals surface area contributed by atoms with E-state index in [9.17, 15) is 4.79 Å². The van der Waals surface area contributed by atoms with E-state index in [2.05, 4.69) is 15.6 Å². The van der Waals surface area contributed by atoms with Gasteiger partial charge in [-0.1, -0.05) is 24.3 Å². The van der Waals surface area contributed by atoms with Crippen LogP contribution in [-0.4, -0.2) is 44.7 Å². The van der Waals surface area contributed by atoms with Crippen molar-refractivity contribution in [1.29, 1.82) is 0 Å². The summed E-state index contributed by atoms with van der Waals surface area (Å²) in [7, 11) is 1.64. The number of nitrogens with zero attached hydrogens (tertiary/aromatic N) is 2. The molecule has 1 fully saturated rings. The number of para-hydroxylation sites is 2. The number of carbonyl (C=O) groups excluding carboxylic acids is 1. The molecule has 7 nitrogen and oxygen atoms in total. The summed E-state index contributed by atoms with van der Waals surface area (Å²) in [6.45, 7) is 6.75. The highest BCUT2D eigenvalue weighted by Gasteiger charge is 2.21. The van der Waals surface area contributed by atoms with Crippen molar-refractivity contribution in [1.82, 2.24) is 10.6 Å². The highest BCUT2D eigenvalue weighted by molar-refractivity contribution is 14.0. The number of hydrogen-bond donors (Lipinski definition) is 2. The number of anilines is 1. The number of guanidine groups is 1. The van der Waals surface area contributed by atoms with Gasteiger partial charge in [-0.05, 0) is 50.1 Å². The van der Waals surface area contributed by atoms with Crippen LogP contribution in [0.4, 0.5) is 5.69 Å². The monoisotopic (exact) mass is 552 g/mol. The minimum absolute atomic E-state index is 0. The molecular weight excluding hydrogens is 519 g/mol. The quantitative estimate of drug-likeness (QED) is 0.280. The first kappa shape index (κ1) is 25.8. The van der Waals surface area contributed by atoms with Gasteiger partial charge in [0.05, 0.1) is 20.2 Å². The van der Waals surface area contributed by atoms with Crippen LogP contribution < -0.4 is 25.0 Å². The first-order chi connectivity index (χ1) is 15.1. The molecule has 32 heavy (non-hydrogen) atoms. The highest BCUT2D eigenvalue weighted by atomic mass is 127. The van der Waals surface area contributed by atoms with E-state index in [1.54, 1.807) is 7.11 Å². The minimum atomic E-state index is -0.0718. The maximum Gasteiger partial charge on any atom is 0.227 e. The molecule has 0 aliphatic carbocycles. The van der Waals surface area contributed by atoms with Gasteiger partial charge < -0.3 is 25.0 Å². The van der Waals surface area contributed by atoms with E-state index in [1.165, 1.54) is 0 Å². The first-order valence-corrected chi connectivity index (χ1v) is 10.8. The van der Waals surface area contributed by atoms with Crippen LogP contribution in [0, 0.1) is 0 Å². The Hall–Kier alpha value is -2.49. The van der Waals surface area contributed by atoms with Gasteiger partial charge in [-0.3, -0.25) is 4.79 Å². The Kier molecular flexibility index (Phi) is 10.6. The van der Waals surface area contributed by atoms with E-state index in [-0.39, 0.29) is 36.0 Å². The summed E-state index contributed by atoms with van der Waals surface area (Å²) < 4.78 is 11.3. The molecular formula is C24H33IN4O3. The van der Waals surface area contributed by atoms with E-state index in [4.69, 9.17) is 9.47 Å². The molecule has 8 heteroatoms. The van der Waals surface area contributed by atoms with E-state index in [0.717, 1.165) is 42.5 Å². The van der Waals surface area contributed by atoms with E-state index < -0.39 is 0 Å². The van der Waals surface area contributed by atoms with Crippen molar-refractivity contribution in [3.8, 4) is 11.5 Å². The zero-order valence-corrected chi connectivity index (χ0v) is 21.3. The van der Waals surface area contributed by atoms with Crippen LogP contribution in [0.15, 0.2) is 53.5 Å². The van der Waals surface area contributed by atoms with Crippen LogP contribution in [0.1, 0.15) is 32.3 Å². The molecule has 1 atom stereocenters. The number of amides is 1. The SMILES string of the molecule is CCNC(=NCc1ccc(N2CCCC2=O)cc1)NCC(C)Oc1ccccc1OC.I. The van der Waals surface area contributed by atoms with Gasteiger partial charge >= 0.3 is 0 Å². The van der Waals surface area contributed by atoms with Crippen LogP contribution in [0.3, 0.4) is 0 Å². The predicted octanol–water partition coefficient (Wildman–Crippen LogP) is 3.96. The maximum atomic E-state index is 11.9. The molecule has 2 aromatic rings. The fraction of sp³-hybridized carbons (Fsp3) is 0.417. The number of rotatable bonds is 9. The Morgan fingerprint density at radius 2 is 1.84 bits per heavy atom. The van der Waals surface area contributed by atoms with Crippen molar-refractivity contribution in [3.63, 3.8) is 0 Å². The summed E-state index contributed by atoms with van der Waals surface area (Å²) in [5, 5.41) is 6.59. The lowest BCUT2D eigenvalue weighted by Gasteiger charge is -2.19. The number of hydrogen-bond acceptors (Lipinski definition) is 4. The summed E-state index contributed by atoms with van der Waals surface area (Å²) in [6.07, 6.45) is 1.50. The van der Waals surface area contributed by atoms with Crippen LogP contribution in [0.2, 0.25) is 0 Å². The average Bonchev–Trinajstić information content (AvgIpc) is 3.22. The molecule has 0 radical (unpaired) electrons. The Balaban J connectivity index is 0.00000363. The van der Waals surface area contributed by atoms with Crippen LogP contribution in [-0.2, 0) is 11.3 Å². The molecule has 0 saturated carbocycles. The summed E-state index contributed by atoms with van der Waals surface area (Å²) in [6, 6.07) is 15.7. The largest absolute Gasteiger partial charge is 0.493 e. The van der Waals surface area contributed by atoms with Gasteiger partial charge in [0.2, 0.25) is 5.91 Å². The number of halogens is 1. The molecule has 2 N–H and O–H groups in total. The Bertz CT molecular complexity index is 889. The van der Waals surface area contributed by atoms with Gasteiger partial charge in [0.25, 0.3) is 0 Å². The van der Waals surface area contributed by atoms with Gasteiger partial charge in [0.15, 0.2) is 17.5 Å². The van der Waals surface area contributed by atoms with Gasteiger partial charge in [-0.2, -0.15) is 0 Å². The summed E-state index contributed by atoms with van der Waals surface area (Å²) in [5.74, 6) is 2.37. The molecule has 174 valence electrons. The third kappa shape index (κ3) is 7.29. The highest BCUT2D eigenvalue weighted by Crippen LogP contribution is 2.26. The van der Waals surface area contributed by atoms with Gasteiger partial charge in [-0.15, -0.1) is 24.0 Å². The molecule has 3 rings (SSSR count). The van der Waals surface area contributed by atoms with E-state index in [0.29, 0.717) is 25.3 Å². The van der Waals surface area contributed by atoms with Gasteiger partial charge in [0, 0.05) is 25.2 Å². The second-order valence-electron chi connectivity index (χ2n) is 7.47. The molecule has 1 heterocycles. The fourth-order valence-electron chi connectivity index (χ4n) is 3.43. The second-order valence-corrected chi connectivity index (χ2v) is 7.47. The summed E-state index contributed by atoms with van der Waals surface area (Å²) in [4.78, 5) is 18.4. The third-order valence-corrected chi connectivity index (χ3v) is 5.04. The number of nitrogens with one attached hydrogen (secondary N) is 2. The van der Waals surface area contributed by atoms with Crippen molar-refractivity contribution in [2.24, 2.45) is 4.99 Å². The number of methoxy groups -OCH3 is 1. The lowest BCUT2D eigenvalue weighted by Crippen LogP contribution is -2.41. The minimum Gasteiger partial charge on any atom is -0.493 e. The number of ether oxygens (including phenoxy) is 2. The molecule has 1 aliphatic rings. The predicted molar refractivity (Wildman–Crippen MR) is 139 cm³/mol. The summed E-state index contributed by atoms with van der Waals surface area (Å²) >= 11 is 0. The lowest BCUT2D eigenvalue weighted by molar-refractivity contribution is -0.117. The third-order valence-electron chi connectivity index (χ3n) is 5.04. The van der Waals surface area contributed by atoms with E-state index in [1.807, 2.05) is 67.3 Å².